The highest BCUT2D eigenvalue weighted by molar-refractivity contribution is 6.24. The van der Waals surface area contributed by atoms with Crippen molar-refractivity contribution in [3.05, 3.63) is 121 Å². The lowest BCUT2D eigenvalue weighted by Gasteiger charge is -2.14. The van der Waals surface area contributed by atoms with Crippen molar-refractivity contribution >= 4 is 43.1 Å². The second-order valence-electron chi connectivity index (χ2n) is 9.33. The molecule has 1 aliphatic rings. The van der Waals surface area contributed by atoms with Gasteiger partial charge >= 0.3 is 0 Å². The molecule has 0 heterocycles. The minimum Gasteiger partial charge on any atom is -0.0616 e. The average molecular weight is 429 g/mol. The average Bonchev–Trinajstić information content (AvgIpc) is 3.23. The third-order valence-corrected chi connectivity index (χ3v) is 7.54. The van der Waals surface area contributed by atoms with Crippen molar-refractivity contribution in [2.24, 2.45) is 0 Å². The Morgan fingerprint density at radius 1 is 0.294 bits per heavy atom. The van der Waals surface area contributed by atoms with Gasteiger partial charge in [0.25, 0.3) is 0 Å². The zero-order valence-corrected chi connectivity index (χ0v) is 18.5. The molecule has 0 bridgehead atoms. The summed E-state index contributed by atoms with van der Waals surface area (Å²) in [7, 11) is 0. The number of benzene rings is 7. The van der Waals surface area contributed by atoms with E-state index in [-0.39, 0.29) is 0 Å². The van der Waals surface area contributed by atoms with E-state index in [0.717, 1.165) is 0 Å². The molecule has 0 aromatic heterocycles. The van der Waals surface area contributed by atoms with Crippen LogP contribution in [0.15, 0.2) is 121 Å². The van der Waals surface area contributed by atoms with Crippen LogP contribution in [0.3, 0.4) is 0 Å². The Hall–Kier alpha value is -4.42. The van der Waals surface area contributed by atoms with Crippen LogP contribution < -0.4 is 0 Å². The number of rotatable bonds is 1. The van der Waals surface area contributed by atoms with Crippen molar-refractivity contribution in [2.45, 2.75) is 0 Å². The lowest BCUT2D eigenvalue weighted by atomic mass is 9.89. The van der Waals surface area contributed by atoms with Gasteiger partial charge in [-0.15, -0.1) is 0 Å². The summed E-state index contributed by atoms with van der Waals surface area (Å²) in [6.07, 6.45) is 0. The first-order valence-electron chi connectivity index (χ1n) is 11.9. The van der Waals surface area contributed by atoms with E-state index in [1.807, 2.05) is 0 Å². The molecule has 0 unspecified atom stereocenters. The maximum atomic E-state index is 2.41. The van der Waals surface area contributed by atoms with E-state index < -0.39 is 0 Å². The maximum Gasteiger partial charge on any atom is -0.00259 e. The summed E-state index contributed by atoms with van der Waals surface area (Å²) in [5.41, 5.74) is 7.96. The molecule has 8 rings (SSSR count). The highest BCUT2D eigenvalue weighted by Crippen LogP contribution is 2.49. The fourth-order valence-corrected chi connectivity index (χ4v) is 6.09. The third-order valence-electron chi connectivity index (χ3n) is 7.54. The molecule has 0 aliphatic heterocycles. The van der Waals surface area contributed by atoms with Gasteiger partial charge in [-0.05, 0) is 94.7 Å². The topological polar surface area (TPSA) is 0 Å². The SMILES string of the molecule is c1ccc2c(c1)-c1cccc3cc(-c4cc5ccc6ccccc6c5c5ccccc45)cc-2c13. The van der Waals surface area contributed by atoms with Crippen LogP contribution in [0.5, 0.6) is 0 Å². The molecule has 34 heavy (non-hydrogen) atoms. The van der Waals surface area contributed by atoms with Gasteiger partial charge < -0.3 is 0 Å². The summed E-state index contributed by atoms with van der Waals surface area (Å²) >= 11 is 0. The van der Waals surface area contributed by atoms with Gasteiger partial charge in [-0.1, -0.05) is 103 Å². The van der Waals surface area contributed by atoms with E-state index in [1.54, 1.807) is 0 Å². The summed E-state index contributed by atoms with van der Waals surface area (Å²) in [4.78, 5) is 0. The van der Waals surface area contributed by atoms with Gasteiger partial charge in [0, 0.05) is 0 Å². The molecule has 0 nitrogen and oxygen atoms in total. The van der Waals surface area contributed by atoms with Crippen LogP contribution in [-0.2, 0) is 0 Å². The summed E-state index contributed by atoms with van der Waals surface area (Å²) in [5.74, 6) is 0. The monoisotopic (exact) mass is 428 g/mol. The van der Waals surface area contributed by atoms with Crippen LogP contribution in [0.25, 0.3) is 76.5 Å². The fraction of sp³-hybridized carbons (Fsp3) is 0. The molecule has 0 amide bonds. The number of hydrogen-bond acceptors (Lipinski definition) is 0. The molecule has 156 valence electrons. The molecule has 0 saturated carbocycles. The van der Waals surface area contributed by atoms with Gasteiger partial charge in [0.05, 0.1) is 0 Å². The van der Waals surface area contributed by atoms with Crippen LogP contribution >= 0.6 is 0 Å². The van der Waals surface area contributed by atoms with E-state index in [2.05, 4.69) is 121 Å². The van der Waals surface area contributed by atoms with E-state index >= 15 is 0 Å². The Bertz CT molecular complexity index is 1960. The van der Waals surface area contributed by atoms with E-state index in [4.69, 9.17) is 0 Å². The molecule has 0 N–H and O–H groups in total. The first-order valence-corrected chi connectivity index (χ1v) is 11.9. The van der Waals surface area contributed by atoms with E-state index in [0.29, 0.717) is 0 Å². The second-order valence-corrected chi connectivity index (χ2v) is 9.33. The van der Waals surface area contributed by atoms with Gasteiger partial charge in [-0.2, -0.15) is 0 Å². The van der Waals surface area contributed by atoms with Gasteiger partial charge in [0.1, 0.15) is 0 Å². The lowest BCUT2D eigenvalue weighted by Crippen LogP contribution is -1.87. The Morgan fingerprint density at radius 3 is 1.79 bits per heavy atom. The maximum absolute atomic E-state index is 2.41. The predicted octanol–water partition coefficient (Wildman–Crippen LogP) is 9.61. The third kappa shape index (κ3) is 2.32. The molecular weight excluding hydrogens is 408 g/mol. The molecule has 0 spiro atoms. The molecule has 0 atom stereocenters. The molecule has 7 aromatic rings. The summed E-state index contributed by atoms with van der Waals surface area (Å²) in [6, 6.07) is 44.8. The van der Waals surface area contributed by atoms with Crippen LogP contribution in [0.1, 0.15) is 0 Å². The number of fused-ring (bicyclic) bond motifs is 8. The van der Waals surface area contributed by atoms with Gasteiger partial charge in [-0.3, -0.25) is 0 Å². The molecule has 0 radical (unpaired) electrons. The predicted molar refractivity (Wildman–Crippen MR) is 146 cm³/mol. The summed E-state index contributed by atoms with van der Waals surface area (Å²) in [5, 5.41) is 10.5. The quantitative estimate of drug-likeness (QED) is 0.228. The smallest absolute Gasteiger partial charge is 0.00259 e. The molecule has 7 aromatic carbocycles. The second kappa shape index (κ2) is 6.56. The largest absolute Gasteiger partial charge is 0.0616 e. The zero-order chi connectivity index (χ0) is 22.2. The van der Waals surface area contributed by atoms with Crippen molar-refractivity contribution in [1.82, 2.24) is 0 Å². The normalized spacial score (nSPS) is 12.1. The Kier molecular flexibility index (Phi) is 3.48. The van der Waals surface area contributed by atoms with Crippen molar-refractivity contribution < 1.29 is 0 Å². The van der Waals surface area contributed by atoms with Crippen LogP contribution in [0, 0.1) is 0 Å². The van der Waals surface area contributed by atoms with Crippen molar-refractivity contribution in [2.75, 3.05) is 0 Å². The first kappa shape index (κ1) is 18.1. The lowest BCUT2D eigenvalue weighted by molar-refractivity contribution is 1.69. The molecule has 0 fully saturated rings. The van der Waals surface area contributed by atoms with Gasteiger partial charge in [0.15, 0.2) is 0 Å². The van der Waals surface area contributed by atoms with Gasteiger partial charge in [0.2, 0.25) is 0 Å². The van der Waals surface area contributed by atoms with E-state index in [9.17, 15) is 0 Å². The summed E-state index contributed by atoms with van der Waals surface area (Å²) in [6.45, 7) is 0. The minimum absolute atomic E-state index is 1.28. The van der Waals surface area contributed by atoms with Crippen molar-refractivity contribution in [3.8, 4) is 33.4 Å². The highest BCUT2D eigenvalue weighted by Gasteiger charge is 2.22. The minimum atomic E-state index is 1.28. The Morgan fingerprint density at radius 2 is 0.912 bits per heavy atom. The zero-order valence-electron chi connectivity index (χ0n) is 18.5. The van der Waals surface area contributed by atoms with Gasteiger partial charge in [-0.25, -0.2) is 0 Å². The molecular formula is C34H20. The standard InChI is InChI=1S/C34H20/c1-2-10-25-21(8-1)16-17-23-19-31(28-13-5-6-14-29(28)33(23)25)24-18-22-9-7-15-30-26-11-3-4-12-27(26)32(20-24)34(22)30/h1-20H. The fourth-order valence-electron chi connectivity index (χ4n) is 6.09. The molecule has 1 aliphatic carbocycles. The van der Waals surface area contributed by atoms with E-state index in [1.165, 1.54) is 76.5 Å². The Labute approximate surface area is 197 Å². The molecule has 0 saturated heterocycles. The van der Waals surface area contributed by atoms with Crippen molar-refractivity contribution in [1.29, 1.82) is 0 Å². The highest BCUT2D eigenvalue weighted by atomic mass is 14.2. The van der Waals surface area contributed by atoms with Crippen LogP contribution in [0.2, 0.25) is 0 Å². The first-order chi connectivity index (χ1) is 16.9. The van der Waals surface area contributed by atoms with Crippen molar-refractivity contribution in [3.63, 3.8) is 0 Å². The van der Waals surface area contributed by atoms with Crippen LogP contribution in [0.4, 0.5) is 0 Å². The Balaban J connectivity index is 1.51. The molecule has 0 heteroatoms. The summed E-state index contributed by atoms with van der Waals surface area (Å²) < 4.78 is 0. The van der Waals surface area contributed by atoms with Crippen LogP contribution in [-0.4, -0.2) is 0 Å². The number of hydrogen-bond donors (Lipinski definition) is 0.